The maximum atomic E-state index is 6.27. The molecule has 3 rings (SSSR count). The molecule has 0 saturated carbocycles. The second kappa shape index (κ2) is 5.47. The fourth-order valence-electron chi connectivity index (χ4n) is 2.26. The zero-order valence-electron chi connectivity index (χ0n) is 11.2. The molecule has 0 aliphatic rings. The molecule has 4 nitrogen and oxygen atoms in total. The highest BCUT2D eigenvalue weighted by atomic mass is 35.5. The number of nitrogens with zero attached hydrogens (tertiary/aromatic N) is 1. The summed E-state index contributed by atoms with van der Waals surface area (Å²) in [5.41, 5.74) is 8.75. The molecule has 0 amide bonds. The van der Waals surface area contributed by atoms with Crippen LogP contribution < -0.4 is 5.73 Å². The van der Waals surface area contributed by atoms with E-state index in [1.54, 1.807) is 24.5 Å². The lowest BCUT2D eigenvalue weighted by Crippen LogP contribution is -1.90. The van der Waals surface area contributed by atoms with Crippen LogP contribution in [0.1, 0.15) is 12.7 Å². The Hall–Kier alpha value is -1.91. The predicted octanol–water partition coefficient (Wildman–Crippen LogP) is 5.05. The van der Waals surface area contributed by atoms with Gasteiger partial charge in [0.25, 0.3) is 0 Å². The largest absolute Gasteiger partial charge is 0.469 e. The number of rotatable bonds is 3. The fourth-order valence-corrected chi connectivity index (χ4v) is 2.77. The van der Waals surface area contributed by atoms with E-state index in [-0.39, 0.29) is 5.88 Å². The van der Waals surface area contributed by atoms with Crippen molar-refractivity contribution in [3.63, 3.8) is 0 Å². The summed E-state index contributed by atoms with van der Waals surface area (Å²) in [6.07, 6.45) is 2.36. The van der Waals surface area contributed by atoms with Gasteiger partial charge in [0.1, 0.15) is 11.5 Å². The first kappa shape index (κ1) is 14.0. The molecule has 6 heteroatoms. The van der Waals surface area contributed by atoms with Crippen molar-refractivity contribution in [3.05, 3.63) is 46.3 Å². The van der Waals surface area contributed by atoms with Crippen LogP contribution in [-0.4, -0.2) is 5.16 Å². The van der Waals surface area contributed by atoms with Gasteiger partial charge in [-0.3, -0.25) is 0 Å². The van der Waals surface area contributed by atoms with E-state index in [0.717, 1.165) is 23.3 Å². The first-order valence-electron chi connectivity index (χ1n) is 6.39. The predicted molar refractivity (Wildman–Crippen MR) is 83.5 cm³/mol. The molecule has 0 aliphatic carbocycles. The Kier molecular flexibility index (Phi) is 3.66. The highest BCUT2D eigenvalue weighted by molar-refractivity contribution is 6.36. The smallest absolute Gasteiger partial charge is 0.230 e. The average molecular weight is 323 g/mol. The van der Waals surface area contributed by atoms with Crippen LogP contribution in [0.2, 0.25) is 10.0 Å². The third-order valence-corrected chi connectivity index (χ3v) is 3.79. The lowest BCUT2D eigenvalue weighted by molar-refractivity contribution is 0.439. The van der Waals surface area contributed by atoms with Crippen LogP contribution in [0.3, 0.4) is 0 Å². The topological polar surface area (TPSA) is 65.2 Å². The maximum absolute atomic E-state index is 6.27. The Morgan fingerprint density at radius 2 is 2.00 bits per heavy atom. The highest BCUT2D eigenvalue weighted by Gasteiger charge is 2.22. The summed E-state index contributed by atoms with van der Waals surface area (Å²) in [5.74, 6) is 1.02. The molecule has 2 heterocycles. The molecule has 0 aliphatic heterocycles. The Bertz CT molecular complexity index is 793. The summed E-state index contributed by atoms with van der Waals surface area (Å²) < 4.78 is 10.6. The molecule has 2 aromatic heterocycles. The number of furan rings is 1. The second-order valence-electron chi connectivity index (χ2n) is 4.51. The van der Waals surface area contributed by atoms with Gasteiger partial charge < -0.3 is 14.7 Å². The molecule has 2 N–H and O–H groups in total. The number of anilines is 1. The van der Waals surface area contributed by atoms with Gasteiger partial charge in [-0.05, 0) is 18.2 Å². The van der Waals surface area contributed by atoms with Crippen molar-refractivity contribution in [2.24, 2.45) is 0 Å². The second-order valence-corrected chi connectivity index (χ2v) is 5.35. The monoisotopic (exact) mass is 322 g/mol. The minimum atomic E-state index is 0.206. The Labute approximate surface area is 131 Å². The van der Waals surface area contributed by atoms with Gasteiger partial charge in [0.05, 0.1) is 16.8 Å². The number of hydrogen-bond donors (Lipinski definition) is 1. The molecular formula is C15H12Cl2N2O2. The van der Waals surface area contributed by atoms with Gasteiger partial charge in [-0.15, -0.1) is 0 Å². The zero-order chi connectivity index (χ0) is 15.0. The molecule has 3 aromatic rings. The minimum Gasteiger partial charge on any atom is -0.469 e. The number of halogens is 2. The van der Waals surface area contributed by atoms with Crippen molar-refractivity contribution in [2.45, 2.75) is 13.3 Å². The lowest BCUT2D eigenvalue weighted by Gasteiger charge is -2.05. The highest BCUT2D eigenvalue weighted by Crippen LogP contribution is 2.41. The fraction of sp³-hybridized carbons (Fsp3) is 0.133. The minimum absolute atomic E-state index is 0.206. The number of nitrogens with two attached hydrogens (primary N) is 1. The molecule has 0 unspecified atom stereocenters. The lowest BCUT2D eigenvalue weighted by atomic mass is 10.0. The summed E-state index contributed by atoms with van der Waals surface area (Å²) in [6, 6.07) is 7.03. The molecule has 0 radical (unpaired) electrons. The summed E-state index contributed by atoms with van der Waals surface area (Å²) >= 11 is 12.2. The van der Waals surface area contributed by atoms with Gasteiger partial charge in [-0.1, -0.05) is 41.3 Å². The third kappa shape index (κ3) is 2.41. The van der Waals surface area contributed by atoms with Crippen molar-refractivity contribution >= 4 is 29.1 Å². The SMILES string of the molecule is CCc1occc1-c1noc(N)c1-c1ccc(Cl)cc1Cl. The van der Waals surface area contributed by atoms with E-state index < -0.39 is 0 Å². The van der Waals surface area contributed by atoms with E-state index in [9.17, 15) is 0 Å². The van der Waals surface area contributed by atoms with Gasteiger partial charge in [-0.25, -0.2) is 0 Å². The van der Waals surface area contributed by atoms with Gasteiger partial charge >= 0.3 is 0 Å². The molecule has 108 valence electrons. The number of aromatic nitrogens is 1. The number of nitrogen functional groups attached to an aromatic ring is 1. The molecule has 21 heavy (non-hydrogen) atoms. The van der Waals surface area contributed by atoms with Gasteiger partial charge in [-0.2, -0.15) is 0 Å². The van der Waals surface area contributed by atoms with Gasteiger partial charge in [0.2, 0.25) is 5.88 Å². The summed E-state index contributed by atoms with van der Waals surface area (Å²) in [5, 5.41) is 5.09. The zero-order valence-corrected chi connectivity index (χ0v) is 12.7. The van der Waals surface area contributed by atoms with Crippen LogP contribution in [0.25, 0.3) is 22.4 Å². The summed E-state index contributed by atoms with van der Waals surface area (Å²) in [4.78, 5) is 0. The number of hydrogen-bond acceptors (Lipinski definition) is 4. The van der Waals surface area contributed by atoms with Crippen molar-refractivity contribution in [1.82, 2.24) is 5.16 Å². The number of aryl methyl sites for hydroxylation is 1. The van der Waals surface area contributed by atoms with Crippen LogP contribution in [0.4, 0.5) is 5.88 Å². The molecular weight excluding hydrogens is 311 g/mol. The Morgan fingerprint density at radius 1 is 1.19 bits per heavy atom. The van der Waals surface area contributed by atoms with Gasteiger partial charge in [0.15, 0.2) is 0 Å². The van der Waals surface area contributed by atoms with E-state index in [2.05, 4.69) is 5.16 Å². The average Bonchev–Trinajstić information content (AvgIpc) is 3.05. The van der Waals surface area contributed by atoms with E-state index in [0.29, 0.717) is 21.3 Å². The Morgan fingerprint density at radius 3 is 2.71 bits per heavy atom. The van der Waals surface area contributed by atoms with Crippen LogP contribution >= 0.6 is 23.2 Å². The van der Waals surface area contributed by atoms with Crippen molar-refractivity contribution < 1.29 is 8.94 Å². The van der Waals surface area contributed by atoms with E-state index in [1.165, 1.54) is 0 Å². The Balaban J connectivity index is 2.22. The molecule has 0 bridgehead atoms. The molecule has 1 aromatic carbocycles. The molecule has 0 spiro atoms. The first-order valence-corrected chi connectivity index (χ1v) is 7.14. The van der Waals surface area contributed by atoms with E-state index in [4.69, 9.17) is 37.9 Å². The van der Waals surface area contributed by atoms with Crippen LogP contribution in [0, 0.1) is 0 Å². The molecule has 0 fully saturated rings. The van der Waals surface area contributed by atoms with Gasteiger partial charge in [0, 0.05) is 22.6 Å². The van der Waals surface area contributed by atoms with E-state index in [1.807, 2.05) is 13.0 Å². The molecule has 0 saturated heterocycles. The summed E-state index contributed by atoms with van der Waals surface area (Å²) in [6.45, 7) is 2.00. The van der Waals surface area contributed by atoms with Crippen LogP contribution in [0.5, 0.6) is 0 Å². The third-order valence-electron chi connectivity index (χ3n) is 3.24. The first-order chi connectivity index (χ1) is 10.1. The normalized spacial score (nSPS) is 11.0. The maximum Gasteiger partial charge on any atom is 0.230 e. The van der Waals surface area contributed by atoms with Crippen molar-refractivity contribution in [3.8, 4) is 22.4 Å². The standard InChI is InChI=1S/C15H12Cl2N2O2/c1-2-12-10(5-6-20-12)14-13(15(18)21-19-14)9-4-3-8(16)7-11(9)17/h3-7H,2,18H2,1H3. The van der Waals surface area contributed by atoms with Crippen molar-refractivity contribution in [2.75, 3.05) is 5.73 Å². The van der Waals surface area contributed by atoms with E-state index >= 15 is 0 Å². The van der Waals surface area contributed by atoms with Crippen LogP contribution in [0.15, 0.2) is 39.5 Å². The molecule has 0 atom stereocenters. The van der Waals surface area contributed by atoms with Crippen molar-refractivity contribution in [1.29, 1.82) is 0 Å². The number of benzene rings is 1. The quantitative estimate of drug-likeness (QED) is 0.732. The summed E-state index contributed by atoms with van der Waals surface area (Å²) in [7, 11) is 0. The van der Waals surface area contributed by atoms with Crippen LogP contribution in [-0.2, 0) is 6.42 Å².